The van der Waals surface area contributed by atoms with Crippen molar-refractivity contribution in [3.63, 3.8) is 0 Å². The summed E-state index contributed by atoms with van der Waals surface area (Å²) in [4.78, 5) is 12.5. The average molecular weight is 864 g/mol. The highest BCUT2D eigenvalue weighted by molar-refractivity contribution is 6.28. The quantitative estimate of drug-likeness (QED) is 0.152. The molecule has 0 saturated heterocycles. The zero-order valence-electron chi connectivity index (χ0n) is 37.2. The zero-order valence-corrected chi connectivity index (χ0v) is 37.2. The Balaban J connectivity index is 1.05. The van der Waals surface area contributed by atoms with E-state index in [9.17, 15) is 0 Å². The summed E-state index contributed by atoms with van der Waals surface area (Å²) >= 11 is 0. The predicted octanol–water partition coefficient (Wildman–Crippen LogP) is 14.2. The lowest BCUT2D eigenvalue weighted by Crippen LogP contribution is -2.52. The second-order valence-corrected chi connectivity index (χ2v) is 22.2. The fourth-order valence-electron chi connectivity index (χ4n) is 18.1. The Labute approximate surface area is 392 Å². The number of benzene rings is 7. The van der Waals surface area contributed by atoms with E-state index >= 15 is 0 Å². The summed E-state index contributed by atoms with van der Waals surface area (Å²) in [5, 5.41) is 5.98. The molecule has 12 aliphatic rings. The van der Waals surface area contributed by atoms with Crippen molar-refractivity contribution in [3.8, 4) is 0 Å². The van der Waals surface area contributed by atoms with Crippen LogP contribution < -0.4 is 0 Å². The number of fused-ring (bicyclic) bond motifs is 12. The lowest BCUT2D eigenvalue weighted by atomic mass is 9.43. The second kappa shape index (κ2) is 10.8. The smallest absolute Gasteiger partial charge is 0.0764 e. The van der Waals surface area contributed by atoms with Gasteiger partial charge in [0.1, 0.15) is 0 Å². The molecule has 10 aliphatic carbocycles. The minimum absolute atomic E-state index is 0.0457. The number of hydrogen-bond acceptors (Lipinski definition) is 2. The Hall–Kier alpha value is -7.36. The number of pyridine rings is 2. The monoisotopic (exact) mass is 863 g/mol. The van der Waals surface area contributed by atoms with Crippen molar-refractivity contribution in [2.45, 2.75) is 78.4 Å². The topological polar surface area (TPSA) is 30.2 Å². The minimum Gasteiger partial charge on any atom is -0.304 e. The van der Waals surface area contributed by atoms with Crippen molar-refractivity contribution in [3.05, 3.63) is 263 Å². The molecule has 2 aliphatic heterocycles. The molecule has 3 unspecified atom stereocenters. The molecule has 1 fully saturated rings. The predicted molar refractivity (Wildman–Crippen MR) is 268 cm³/mol. The molecule has 6 heterocycles. The van der Waals surface area contributed by atoms with Gasteiger partial charge in [0.15, 0.2) is 0 Å². The molecule has 23 rings (SSSR count). The van der Waals surface area contributed by atoms with Crippen LogP contribution in [0.1, 0.15) is 185 Å². The van der Waals surface area contributed by atoms with Crippen molar-refractivity contribution in [2.75, 3.05) is 0 Å². The molecule has 3 atom stereocenters. The standard InChI is InChI=1S/C65H41N3/c1-5-17-36-32(13-1)46-33-14-2-6-18-37(33)48(36)60-52(46)51-43-29-42-50(57-41-22-10-12-24-45(41)65(57)44-23-11-9-21-40(44)56(42)65)54-55-53-47-34-15-3-7-19-38(34)49(39-20-8-4-16-35(39)47)61(53)67-59-31-27-25-30(26-28-31)58(66-60)63(51)68(62(43)54)64(55)59/h1-24,29-31,46-49,56-57H,25-28H2. The van der Waals surface area contributed by atoms with Gasteiger partial charge < -0.3 is 4.40 Å². The first-order valence-corrected chi connectivity index (χ1v) is 25.5. The highest BCUT2D eigenvalue weighted by Gasteiger charge is 2.70. The van der Waals surface area contributed by atoms with Gasteiger partial charge in [0, 0.05) is 62.5 Å². The van der Waals surface area contributed by atoms with Gasteiger partial charge in [-0.3, -0.25) is 9.97 Å². The molecule has 68 heavy (non-hydrogen) atoms. The lowest BCUT2D eigenvalue weighted by molar-refractivity contribution is 0.333. The molecule has 3 heteroatoms. The van der Waals surface area contributed by atoms with E-state index in [1.807, 2.05) is 0 Å². The van der Waals surface area contributed by atoms with E-state index in [2.05, 4.69) is 156 Å². The van der Waals surface area contributed by atoms with Gasteiger partial charge in [0.05, 0.1) is 51.2 Å². The zero-order chi connectivity index (χ0) is 43.2. The molecule has 1 spiro atoms. The Bertz CT molecular complexity index is 4200. The molecule has 3 nitrogen and oxygen atoms in total. The van der Waals surface area contributed by atoms with Crippen LogP contribution in [0.25, 0.3) is 38.1 Å². The van der Waals surface area contributed by atoms with Crippen LogP contribution in [-0.2, 0) is 5.41 Å². The Morgan fingerprint density at radius 2 is 0.735 bits per heavy atom. The van der Waals surface area contributed by atoms with Gasteiger partial charge in [0.2, 0.25) is 0 Å². The van der Waals surface area contributed by atoms with Crippen LogP contribution in [0.3, 0.4) is 0 Å². The van der Waals surface area contributed by atoms with Gasteiger partial charge in [-0.2, -0.15) is 0 Å². The van der Waals surface area contributed by atoms with Crippen LogP contribution in [-0.4, -0.2) is 14.4 Å². The van der Waals surface area contributed by atoms with Gasteiger partial charge in [-0.05, 0) is 121 Å². The van der Waals surface area contributed by atoms with Crippen LogP contribution in [0.4, 0.5) is 0 Å². The van der Waals surface area contributed by atoms with Gasteiger partial charge in [0.25, 0.3) is 0 Å². The normalized spacial score (nSPS) is 27.5. The SMILES string of the molecule is c1ccc2c(c1)C1c3ccccc3C2c2c1nc1c3c2c2cc4c(c5c6c7c(nc(c6n3c25)C2CCC1CC2)C1c2ccccc2C7c2ccccc21)C1c2ccccc2C12c1ccccc1C42. The maximum absolute atomic E-state index is 6.25. The number of aromatic nitrogens is 3. The first-order valence-electron chi connectivity index (χ1n) is 25.5. The Kier molecular flexibility index (Phi) is 5.41. The van der Waals surface area contributed by atoms with E-state index in [-0.39, 0.29) is 29.1 Å². The summed E-state index contributed by atoms with van der Waals surface area (Å²) in [6.07, 6.45) is 4.62. The third kappa shape index (κ3) is 3.26. The van der Waals surface area contributed by atoms with E-state index in [1.54, 1.807) is 22.3 Å². The molecular weight excluding hydrogens is 823 g/mol. The molecule has 0 N–H and O–H groups in total. The molecule has 6 bridgehead atoms. The van der Waals surface area contributed by atoms with Crippen molar-refractivity contribution in [1.29, 1.82) is 0 Å². The minimum atomic E-state index is -0.0457. The fraction of sp³-hybridized carbons (Fsp3) is 0.200. The molecule has 1 saturated carbocycles. The third-order valence-corrected chi connectivity index (χ3v) is 20.1. The highest BCUT2D eigenvalue weighted by Crippen LogP contribution is 2.79. The van der Waals surface area contributed by atoms with E-state index in [0.29, 0.717) is 23.7 Å². The molecular formula is C65H41N3. The molecule has 11 aromatic rings. The van der Waals surface area contributed by atoms with Crippen molar-refractivity contribution in [1.82, 2.24) is 14.4 Å². The van der Waals surface area contributed by atoms with E-state index in [0.717, 1.165) is 25.7 Å². The van der Waals surface area contributed by atoms with Gasteiger partial charge in [-0.15, -0.1) is 0 Å². The van der Waals surface area contributed by atoms with Crippen molar-refractivity contribution < 1.29 is 0 Å². The van der Waals surface area contributed by atoms with Crippen LogP contribution >= 0.6 is 0 Å². The molecule has 0 amide bonds. The highest BCUT2D eigenvalue weighted by atomic mass is 15.0. The number of hydrogen-bond donors (Lipinski definition) is 0. The summed E-state index contributed by atoms with van der Waals surface area (Å²) in [6.45, 7) is 0. The number of nitrogens with zero attached hydrogens (tertiary/aromatic N) is 3. The van der Waals surface area contributed by atoms with Gasteiger partial charge >= 0.3 is 0 Å². The van der Waals surface area contributed by atoms with Crippen molar-refractivity contribution in [2.24, 2.45) is 0 Å². The van der Waals surface area contributed by atoms with Crippen LogP contribution in [0, 0.1) is 0 Å². The summed E-state index contributed by atoms with van der Waals surface area (Å²) in [5.41, 5.74) is 33.6. The van der Waals surface area contributed by atoms with E-state index in [4.69, 9.17) is 9.97 Å². The van der Waals surface area contributed by atoms with Crippen LogP contribution in [0.5, 0.6) is 0 Å². The first-order chi connectivity index (χ1) is 33.8. The molecule has 7 aromatic carbocycles. The molecule has 4 aromatic heterocycles. The fourth-order valence-corrected chi connectivity index (χ4v) is 18.1. The first kappa shape index (κ1) is 34.0. The second-order valence-electron chi connectivity index (χ2n) is 22.2. The van der Waals surface area contributed by atoms with Gasteiger partial charge in [-0.1, -0.05) is 146 Å². The Morgan fingerprint density at radius 3 is 1.22 bits per heavy atom. The molecule has 0 radical (unpaired) electrons. The summed E-state index contributed by atoms with van der Waals surface area (Å²) < 4.78 is 2.86. The van der Waals surface area contributed by atoms with Crippen LogP contribution in [0.2, 0.25) is 0 Å². The largest absolute Gasteiger partial charge is 0.304 e. The summed E-state index contributed by atoms with van der Waals surface area (Å²) in [6, 6.07) is 59.5. The Morgan fingerprint density at radius 1 is 0.353 bits per heavy atom. The molecule has 316 valence electrons. The lowest BCUT2D eigenvalue weighted by Gasteiger charge is -2.58. The van der Waals surface area contributed by atoms with Crippen LogP contribution in [0.15, 0.2) is 152 Å². The average Bonchev–Trinajstić information content (AvgIpc) is 4.01. The maximum atomic E-state index is 6.25. The van der Waals surface area contributed by atoms with E-state index in [1.165, 1.54) is 128 Å². The summed E-state index contributed by atoms with van der Waals surface area (Å²) in [7, 11) is 0. The van der Waals surface area contributed by atoms with Gasteiger partial charge in [-0.25, -0.2) is 0 Å². The third-order valence-electron chi connectivity index (χ3n) is 20.1. The maximum Gasteiger partial charge on any atom is 0.0764 e. The van der Waals surface area contributed by atoms with E-state index < -0.39 is 0 Å². The number of rotatable bonds is 0. The summed E-state index contributed by atoms with van der Waals surface area (Å²) in [5.74, 6) is 1.91. The van der Waals surface area contributed by atoms with Crippen molar-refractivity contribution >= 4 is 38.1 Å².